The van der Waals surface area contributed by atoms with E-state index in [9.17, 15) is 0 Å². The maximum absolute atomic E-state index is 6.46. The highest BCUT2D eigenvalue weighted by Gasteiger charge is 2.21. The van der Waals surface area contributed by atoms with Gasteiger partial charge < -0.3 is 4.74 Å². The molecule has 8 aromatic rings. The van der Waals surface area contributed by atoms with Crippen LogP contribution in [0.25, 0.3) is 54.8 Å². The van der Waals surface area contributed by atoms with Crippen LogP contribution in [0.3, 0.4) is 0 Å². The van der Waals surface area contributed by atoms with Gasteiger partial charge in [-0.15, -0.1) is 0 Å². The van der Waals surface area contributed by atoms with Crippen LogP contribution in [0.4, 0.5) is 0 Å². The molecule has 7 heteroatoms. The number of benzene rings is 3. The molecule has 0 fully saturated rings. The van der Waals surface area contributed by atoms with Crippen molar-refractivity contribution in [3.63, 3.8) is 0 Å². The van der Waals surface area contributed by atoms with E-state index in [1.807, 2.05) is 47.4 Å². The SMILES string of the molecule is CC(C)(C)c1cccc2c1c1ccc(Oc3ccc4c5cncnc5n5ccnc5c4c3)cc1c1nccn21. The maximum Gasteiger partial charge on any atom is 0.149 e. The van der Waals surface area contributed by atoms with Gasteiger partial charge in [0.1, 0.15) is 34.8 Å². The van der Waals surface area contributed by atoms with Gasteiger partial charge in [-0.3, -0.25) is 8.80 Å². The van der Waals surface area contributed by atoms with Crippen molar-refractivity contribution in [2.45, 2.75) is 26.2 Å². The Bertz CT molecular complexity index is 2250. The van der Waals surface area contributed by atoms with Crippen LogP contribution in [-0.2, 0) is 5.41 Å². The summed E-state index contributed by atoms with van der Waals surface area (Å²) in [5.74, 6) is 1.49. The fraction of sp³-hybridized carbons (Fsp3) is 0.125. The molecule has 0 aliphatic rings. The first-order valence-corrected chi connectivity index (χ1v) is 13.0. The maximum atomic E-state index is 6.46. The first-order chi connectivity index (χ1) is 19.0. The molecule has 0 saturated carbocycles. The average molecular weight is 509 g/mol. The van der Waals surface area contributed by atoms with Crippen LogP contribution < -0.4 is 4.74 Å². The van der Waals surface area contributed by atoms with Gasteiger partial charge in [0.05, 0.1) is 5.52 Å². The van der Waals surface area contributed by atoms with Crippen LogP contribution in [0.15, 0.2) is 91.9 Å². The number of nitrogens with zero attached hydrogens (tertiary/aromatic N) is 6. The van der Waals surface area contributed by atoms with Gasteiger partial charge in [0, 0.05) is 52.5 Å². The Kier molecular flexibility index (Phi) is 4.36. The lowest BCUT2D eigenvalue weighted by Gasteiger charge is -2.23. The fourth-order valence-electron chi connectivity index (χ4n) is 5.86. The molecular formula is C32H24N6O. The smallest absolute Gasteiger partial charge is 0.149 e. The third-order valence-corrected chi connectivity index (χ3v) is 7.57. The number of aromatic nitrogens is 6. The Labute approximate surface area is 223 Å². The van der Waals surface area contributed by atoms with Crippen LogP contribution >= 0.6 is 0 Å². The number of pyridine rings is 2. The van der Waals surface area contributed by atoms with Crippen molar-refractivity contribution in [3.8, 4) is 11.5 Å². The highest BCUT2D eigenvalue weighted by atomic mass is 16.5. The standard InChI is InChI=1S/C32H24N6O/c1-32(2,3)26-5-4-6-27-28(26)22-10-8-20(16-24(22)29-34-11-13-37(27)29)39-19-7-9-21-23(15-19)30-35-12-14-38(30)31-25(21)17-33-18-36-31/h4-18H,1-3H3. The van der Waals surface area contributed by atoms with Gasteiger partial charge in [-0.1, -0.05) is 32.9 Å². The van der Waals surface area contributed by atoms with Crippen LogP contribution in [-0.4, -0.2) is 28.7 Å². The van der Waals surface area contributed by atoms with E-state index in [0.29, 0.717) is 0 Å². The molecule has 0 atom stereocenters. The third kappa shape index (κ3) is 3.16. The lowest BCUT2D eigenvalue weighted by molar-refractivity contribution is 0.484. The summed E-state index contributed by atoms with van der Waals surface area (Å²) in [5.41, 5.74) is 5.04. The van der Waals surface area contributed by atoms with E-state index in [-0.39, 0.29) is 5.41 Å². The zero-order chi connectivity index (χ0) is 26.3. The van der Waals surface area contributed by atoms with Crippen molar-refractivity contribution in [2.75, 3.05) is 0 Å². The van der Waals surface area contributed by atoms with Gasteiger partial charge >= 0.3 is 0 Å². The quantitative estimate of drug-likeness (QED) is 0.227. The summed E-state index contributed by atoms with van der Waals surface area (Å²) in [6, 6.07) is 18.9. The predicted octanol–water partition coefficient (Wildman–Crippen LogP) is 7.47. The minimum absolute atomic E-state index is 0.00560. The van der Waals surface area contributed by atoms with E-state index in [1.165, 1.54) is 16.3 Å². The summed E-state index contributed by atoms with van der Waals surface area (Å²) in [7, 11) is 0. The van der Waals surface area contributed by atoms with Crippen LogP contribution in [0.5, 0.6) is 11.5 Å². The Morgan fingerprint density at radius 2 is 1.33 bits per heavy atom. The molecule has 0 spiro atoms. The highest BCUT2D eigenvalue weighted by molar-refractivity contribution is 6.14. The summed E-state index contributed by atoms with van der Waals surface area (Å²) in [6.45, 7) is 6.78. The molecule has 0 unspecified atom stereocenters. The lowest BCUT2D eigenvalue weighted by atomic mass is 9.83. The summed E-state index contributed by atoms with van der Waals surface area (Å²) in [5, 5.41) is 6.47. The minimum atomic E-state index is -0.00560. The molecule has 3 aromatic carbocycles. The average Bonchev–Trinajstić information content (AvgIpc) is 3.63. The molecule has 0 N–H and O–H groups in total. The van der Waals surface area contributed by atoms with Gasteiger partial charge in [0.15, 0.2) is 0 Å². The molecule has 5 heterocycles. The fourth-order valence-corrected chi connectivity index (χ4v) is 5.86. The normalized spacial score (nSPS) is 12.5. The second-order valence-corrected chi connectivity index (χ2v) is 11.0. The Morgan fingerprint density at radius 3 is 2.10 bits per heavy atom. The first kappa shape index (κ1) is 22.0. The van der Waals surface area contributed by atoms with Gasteiger partial charge in [-0.05, 0) is 64.2 Å². The van der Waals surface area contributed by atoms with E-state index in [2.05, 4.69) is 76.5 Å². The molecule has 0 radical (unpaired) electrons. The largest absolute Gasteiger partial charge is 0.457 e. The molecular weight excluding hydrogens is 484 g/mol. The topological polar surface area (TPSA) is 69.6 Å². The van der Waals surface area contributed by atoms with Gasteiger partial charge in [0.25, 0.3) is 0 Å². The summed E-state index contributed by atoms with van der Waals surface area (Å²) < 4.78 is 10.6. The molecule has 0 aliphatic carbocycles. The molecule has 8 rings (SSSR count). The molecule has 0 amide bonds. The first-order valence-electron chi connectivity index (χ1n) is 13.0. The molecule has 7 nitrogen and oxygen atoms in total. The second-order valence-electron chi connectivity index (χ2n) is 11.0. The molecule has 0 aliphatic heterocycles. The zero-order valence-electron chi connectivity index (χ0n) is 21.8. The molecule has 0 saturated heterocycles. The minimum Gasteiger partial charge on any atom is -0.457 e. The third-order valence-electron chi connectivity index (χ3n) is 7.57. The van der Waals surface area contributed by atoms with Gasteiger partial charge in [0.2, 0.25) is 0 Å². The monoisotopic (exact) mass is 508 g/mol. The van der Waals surface area contributed by atoms with E-state index in [4.69, 9.17) is 9.72 Å². The molecule has 0 bridgehead atoms. The van der Waals surface area contributed by atoms with Crippen molar-refractivity contribution in [1.29, 1.82) is 0 Å². The molecule has 39 heavy (non-hydrogen) atoms. The van der Waals surface area contributed by atoms with Crippen molar-refractivity contribution < 1.29 is 4.74 Å². The number of ether oxygens (including phenoxy) is 1. The second kappa shape index (κ2) is 7.74. The van der Waals surface area contributed by atoms with Crippen molar-refractivity contribution >= 4 is 54.8 Å². The van der Waals surface area contributed by atoms with Crippen molar-refractivity contribution in [3.05, 3.63) is 97.5 Å². The number of rotatable bonds is 2. The lowest BCUT2D eigenvalue weighted by Crippen LogP contribution is -2.12. The highest BCUT2D eigenvalue weighted by Crippen LogP contribution is 2.39. The van der Waals surface area contributed by atoms with E-state index >= 15 is 0 Å². The van der Waals surface area contributed by atoms with E-state index in [1.54, 1.807) is 12.5 Å². The van der Waals surface area contributed by atoms with Crippen LogP contribution in [0.1, 0.15) is 26.3 Å². The van der Waals surface area contributed by atoms with Crippen LogP contribution in [0.2, 0.25) is 0 Å². The predicted molar refractivity (Wildman–Crippen MR) is 155 cm³/mol. The van der Waals surface area contributed by atoms with Gasteiger partial charge in [-0.2, -0.15) is 0 Å². The number of hydrogen-bond donors (Lipinski definition) is 0. The molecule has 188 valence electrons. The van der Waals surface area contributed by atoms with E-state index in [0.717, 1.165) is 55.5 Å². The van der Waals surface area contributed by atoms with Crippen LogP contribution in [0, 0.1) is 0 Å². The Morgan fingerprint density at radius 1 is 0.667 bits per heavy atom. The Hall–Kier alpha value is -5.04. The van der Waals surface area contributed by atoms with Gasteiger partial charge in [-0.25, -0.2) is 19.9 Å². The summed E-state index contributed by atoms with van der Waals surface area (Å²) in [6.07, 6.45) is 11.0. The van der Waals surface area contributed by atoms with E-state index < -0.39 is 0 Å². The zero-order valence-corrected chi connectivity index (χ0v) is 21.8. The molecule has 5 aromatic heterocycles. The number of hydrogen-bond acceptors (Lipinski definition) is 5. The van der Waals surface area contributed by atoms with Crippen molar-refractivity contribution in [1.82, 2.24) is 28.7 Å². The number of imidazole rings is 2. The van der Waals surface area contributed by atoms with Crippen molar-refractivity contribution in [2.24, 2.45) is 0 Å². The summed E-state index contributed by atoms with van der Waals surface area (Å²) in [4.78, 5) is 18.1. The Balaban J connectivity index is 1.32. The summed E-state index contributed by atoms with van der Waals surface area (Å²) >= 11 is 0. The number of fused-ring (bicyclic) bond motifs is 12.